The Morgan fingerprint density at radius 1 is 1.27 bits per heavy atom. The molecule has 0 saturated heterocycles. The molecule has 1 unspecified atom stereocenters. The molecule has 6 heteroatoms. The first-order valence-electron chi connectivity index (χ1n) is 9.00. The molecule has 0 aliphatic rings. The van der Waals surface area contributed by atoms with Crippen molar-refractivity contribution in [1.82, 2.24) is 15.1 Å². The van der Waals surface area contributed by atoms with Gasteiger partial charge in [-0.1, -0.05) is 52.7 Å². The quantitative estimate of drug-likeness (QED) is 0.787. The summed E-state index contributed by atoms with van der Waals surface area (Å²) in [5.74, 6) is -0.737. The van der Waals surface area contributed by atoms with E-state index in [0.717, 1.165) is 0 Å². The molecule has 0 aliphatic carbocycles. The van der Waals surface area contributed by atoms with Gasteiger partial charge in [0, 0.05) is 7.05 Å². The van der Waals surface area contributed by atoms with Gasteiger partial charge < -0.3 is 5.32 Å². The van der Waals surface area contributed by atoms with Gasteiger partial charge in [0.25, 0.3) is 5.91 Å². The highest BCUT2D eigenvalue weighted by Crippen LogP contribution is 2.20. The highest BCUT2D eigenvalue weighted by Gasteiger charge is 2.18. The molecule has 0 aliphatic heterocycles. The van der Waals surface area contributed by atoms with Crippen LogP contribution in [0, 0.1) is 5.82 Å². The molecule has 2 rings (SSSR count). The molecule has 1 aromatic heterocycles. The maximum absolute atomic E-state index is 13.3. The number of rotatable bonds is 5. The fourth-order valence-corrected chi connectivity index (χ4v) is 1.95. The van der Waals surface area contributed by atoms with E-state index in [1.165, 1.54) is 42.8 Å². The van der Waals surface area contributed by atoms with Crippen molar-refractivity contribution in [2.45, 2.75) is 53.5 Å². The van der Waals surface area contributed by atoms with Crippen molar-refractivity contribution in [2.24, 2.45) is 0 Å². The van der Waals surface area contributed by atoms with Gasteiger partial charge in [-0.05, 0) is 30.7 Å². The molecule has 5 nitrogen and oxygen atoms in total. The maximum Gasteiger partial charge on any atom is 0.271 e. The molecule has 2 aromatic rings. The van der Waals surface area contributed by atoms with Crippen molar-refractivity contribution in [3.05, 3.63) is 53.1 Å². The average Bonchev–Trinajstić information content (AvgIpc) is 3.13. The summed E-state index contributed by atoms with van der Waals surface area (Å²) >= 11 is 0. The summed E-state index contributed by atoms with van der Waals surface area (Å²) in [6.07, 6.45) is 3.26. The van der Waals surface area contributed by atoms with E-state index in [9.17, 15) is 14.0 Å². The third kappa shape index (κ3) is 6.78. The van der Waals surface area contributed by atoms with Crippen molar-refractivity contribution in [1.29, 1.82) is 0 Å². The van der Waals surface area contributed by atoms with Crippen LogP contribution in [0.3, 0.4) is 0 Å². The van der Waals surface area contributed by atoms with Crippen LogP contribution in [-0.2, 0) is 0 Å². The van der Waals surface area contributed by atoms with Crippen molar-refractivity contribution in [3.63, 3.8) is 0 Å². The molecule has 1 amide bonds. The lowest BCUT2D eigenvalue weighted by atomic mass is 10.1. The number of nitrogens with one attached hydrogen (secondary N) is 1. The Balaban J connectivity index is 0.000000920. The van der Waals surface area contributed by atoms with Gasteiger partial charge >= 0.3 is 0 Å². The van der Waals surface area contributed by atoms with E-state index in [0.29, 0.717) is 11.8 Å². The monoisotopic (exact) mass is 363 g/mol. The van der Waals surface area contributed by atoms with E-state index in [2.05, 4.69) is 24.3 Å². The minimum Gasteiger partial charge on any atom is -0.354 e. The Bertz CT molecular complexity index is 681. The number of halogens is 1. The van der Waals surface area contributed by atoms with Gasteiger partial charge in [-0.15, -0.1) is 0 Å². The Kier molecular flexibility index (Phi) is 11.6. The molecular weight excluding hydrogens is 333 g/mol. The lowest BCUT2D eigenvalue weighted by Gasteiger charge is -2.14. The average molecular weight is 363 g/mol. The number of aromatic nitrogens is 2. The molecule has 1 atom stereocenters. The highest BCUT2D eigenvalue weighted by molar-refractivity contribution is 5.93. The summed E-state index contributed by atoms with van der Waals surface area (Å²) in [5.41, 5.74) is 1.08. The van der Waals surface area contributed by atoms with Gasteiger partial charge in [0.05, 0.1) is 6.04 Å². The smallest absolute Gasteiger partial charge is 0.271 e. The summed E-state index contributed by atoms with van der Waals surface area (Å²) in [6.45, 7) is 10.1. The molecule has 0 fully saturated rings. The van der Waals surface area contributed by atoms with Crippen molar-refractivity contribution in [2.75, 3.05) is 7.05 Å². The first-order chi connectivity index (χ1) is 12.5. The van der Waals surface area contributed by atoms with Crippen LogP contribution in [0.15, 0.2) is 30.3 Å². The number of benzene rings is 1. The van der Waals surface area contributed by atoms with Crippen LogP contribution in [0.2, 0.25) is 0 Å². The predicted octanol–water partition coefficient (Wildman–Crippen LogP) is 4.64. The predicted molar refractivity (Wildman–Crippen MR) is 103 cm³/mol. The Labute approximate surface area is 155 Å². The number of unbranched alkanes of at least 4 members (excludes halogenated alkanes) is 1. The standard InChI is InChI=1S/C14H14FN3O2.C4H10.C2H6/c1-9(10-4-3-5-11(15)6-10)18-12(8-19)7-13(17-18)14(20)16-2;1-3-4-2;1-2/h3-9H,1-2H3,(H,16,20);3-4H2,1-2H3;1-2H3. The van der Waals surface area contributed by atoms with Gasteiger partial charge in [0.15, 0.2) is 12.0 Å². The number of hydrogen-bond donors (Lipinski definition) is 1. The topological polar surface area (TPSA) is 64.0 Å². The van der Waals surface area contributed by atoms with Crippen molar-refractivity contribution in [3.8, 4) is 0 Å². The third-order valence-electron chi connectivity index (χ3n) is 3.54. The zero-order valence-electron chi connectivity index (χ0n) is 16.5. The second-order valence-electron chi connectivity index (χ2n) is 5.33. The first kappa shape index (κ1) is 23.5. The Morgan fingerprint density at radius 2 is 1.88 bits per heavy atom. The molecule has 1 aromatic carbocycles. The number of nitrogens with zero attached hydrogens (tertiary/aromatic N) is 2. The van der Waals surface area contributed by atoms with E-state index in [1.807, 2.05) is 13.8 Å². The minimum atomic E-state index is -0.377. The molecule has 0 radical (unpaired) electrons. The van der Waals surface area contributed by atoms with Crippen LogP contribution in [0.5, 0.6) is 0 Å². The van der Waals surface area contributed by atoms with Gasteiger partial charge in [-0.25, -0.2) is 4.39 Å². The number of aldehydes is 1. The number of amides is 1. The highest BCUT2D eigenvalue weighted by atomic mass is 19.1. The van der Waals surface area contributed by atoms with Gasteiger partial charge in [-0.2, -0.15) is 5.10 Å². The molecule has 0 saturated carbocycles. The third-order valence-corrected chi connectivity index (χ3v) is 3.54. The van der Waals surface area contributed by atoms with Crippen LogP contribution in [0.4, 0.5) is 4.39 Å². The molecular formula is C20H30FN3O2. The van der Waals surface area contributed by atoms with Crippen LogP contribution in [0.25, 0.3) is 0 Å². The van der Waals surface area contributed by atoms with Crippen LogP contribution in [-0.4, -0.2) is 29.0 Å². The summed E-state index contributed by atoms with van der Waals surface area (Å²) in [6, 6.07) is 7.09. The second kappa shape index (κ2) is 12.8. The number of carbonyl (C=O) groups excluding carboxylic acids is 2. The van der Waals surface area contributed by atoms with Crippen LogP contribution in [0.1, 0.15) is 80.0 Å². The van der Waals surface area contributed by atoms with E-state index < -0.39 is 0 Å². The summed E-state index contributed by atoms with van der Waals surface area (Å²) in [5, 5.41) is 6.55. The molecule has 144 valence electrons. The van der Waals surface area contributed by atoms with Gasteiger partial charge in [-0.3, -0.25) is 14.3 Å². The zero-order valence-corrected chi connectivity index (χ0v) is 16.5. The second-order valence-corrected chi connectivity index (χ2v) is 5.33. The summed E-state index contributed by atoms with van der Waals surface area (Å²) in [4.78, 5) is 22.6. The van der Waals surface area contributed by atoms with Gasteiger partial charge in [0.1, 0.15) is 11.5 Å². The molecule has 1 N–H and O–H groups in total. The Hall–Kier alpha value is -2.50. The lowest BCUT2D eigenvalue weighted by molar-refractivity contribution is 0.0956. The van der Waals surface area contributed by atoms with E-state index in [1.54, 1.807) is 19.1 Å². The number of carbonyl (C=O) groups is 2. The van der Waals surface area contributed by atoms with Crippen molar-refractivity contribution >= 4 is 12.2 Å². The zero-order chi connectivity index (χ0) is 20.1. The fraction of sp³-hybridized carbons (Fsp3) is 0.450. The van der Waals surface area contributed by atoms with Crippen LogP contribution < -0.4 is 5.32 Å². The molecule has 0 spiro atoms. The van der Waals surface area contributed by atoms with E-state index >= 15 is 0 Å². The van der Waals surface area contributed by atoms with Crippen LogP contribution >= 0.6 is 0 Å². The SMILES string of the molecule is CC.CCCC.CNC(=O)c1cc(C=O)n(C(C)c2cccc(F)c2)n1. The van der Waals surface area contributed by atoms with Crippen molar-refractivity contribution < 1.29 is 14.0 Å². The minimum absolute atomic E-state index is 0.151. The first-order valence-corrected chi connectivity index (χ1v) is 9.00. The molecule has 0 bridgehead atoms. The van der Waals surface area contributed by atoms with E-state index in [4.69, 9.17) is 0 Å². The molecule has 1 heterocycles. The van der Waals surface area contributed by atoms with E-state index in [-0.39, 0.29) is 29.2 Å². The normalized spacial score (nSPS) is 10.6. The Morgan fingerprint density at radius 3 is 2.35 bits per heavy atom. The fourth-order valence-electron chi connectivity index (χ4n) is 1.95. The maximum atomic E-state index is 13.3. The number of hydrogen-bond acceptors (Lipinski definition) is 3. The lowest BCUT2D eigenvalue weighted by Crippen LogP contribution is -2.19. The molecule has 26 heavy (non-hydrogen) atoms. The largest absolute Gasteiger partial charge is 0.354 e. The summed E-state index contributed by atoms with van der Waals surface area (Å²) in [7, 11) is 1.48. The van der Waals surface area contributed by atoms with Gasteiger partial charge in [0.2, 0.25) is 0 Å². The summed E-state index contributed by atoms with van der Waals surface area (Å²) < 4.78 is 14.7.